The van der Waals surface area contributed by atoms with Crippen molar-refractivity contribution < 1.29 is 23.1 Å². The average Bonchev–Trinajstić information content (AvgIpc) is 2.53. The van der Waals surface area contributed by atoms with E-state index in [4.69, 9.17) is 13.8 Å². The van der Waals surface area contributed by atoms with Gasteiger partial charge in [0.15, 0.2) is 0 Å². The van der Waals surface area contributed by atoms with Crippen molar-refractivity contribution in [2.45, 2.75) is 26.7 Å². The van der Waals surface area contributed by atoms with Crippen LogP contribution in [0.3, 0.4) is 0 Å². The summed E-state index contributed by atoms with van der Waals surface area (Å²) in [4.78, 5) is 11.7. The molecule has 0 aromatic heterocycles. The van der Waals surface area contributed by atoms with Crippen molar-refractivity contribution in [1.82, 2.24) is 0 Å². The third-order valence-electron chi connectivity index (χ3n) is 3.19. The molecule has 0 saturated heterocycles. The third-order valence-corrected chi connectivity index (χ3v) is 5.13. The monoisotopic (exact) mass is 336 g/mol. The minimum atomic E-state index is -3.48. The molecule has 0 aliphatic carbocycles. The van der Waals surface area contributed by atoms with Crippen molar-refractivity contribution in [1.29, 1.82) is 0 Å². The summed E-state index contributed by atoms with van der Waals surface area (Å²) in [5, 5.41) is 0.338. The van der Waals surface area contributed by atoms with Crippen LogP contribution in [-0.4, -0.2) is 19.2 Å². The molecule has 5 nitrogen and oxygen atoms in total. The number of carbonyl (C=O) groups excluding carboxylic acids is 1. The van der Waals surface area contributed by atoms with E-state index in [9.17, 15) is 9.36 Å². The minimum Gasteiger partial charge on any atom is -0.463 e. The van der Waals surface area contributed by atoms with Crippen molar-refractivity contribution in [3.63, 3.8) is 0 Å². The highest BCUT2D eigenvalue weighted by Gasteiger charge is 2.34. The molecule has 0 fully saturated rings. The van der Waals surface area contributed by atoms with E-state index in [1.807, 2.05) is 19.1 Å². The Kier molecular flexibility index (Phi) is 6.20. The van der Waals surface area contributed by atoms with Crippen LogP contribution in [0.1, 0.15) is 32.3 Å². The number of benzene rings is 1. The number of esters is 1. The molecule has 1 unspecified atom stereocenters. The van der Waals surface area contributed by atoms with Gasteiger partial charge in [-0.1, -0.05) is 31.5 Å². The lowest BCUT2D eigenvalue weighted by molar-refractivity contribution is -0.137. The van der Waals surface area contributed by atoms with Gasteiger partial charge in [-0.05, 0) is 31.6 Å². The van der Waals surface area contributed by atoms with Gasteiger partial charge in [0.25, 0.3) is 0 Å². The van der Waals surface area contributed by atoms with Gasteiger partial charge in [-0.25, -0.2) is 9.36 Å². The summed E-state index contributed by atoms with van der Waals surface area (Å²) in [6.45, 7) is 4.38. The molecule has 124 valence electrons. The standard InChI is InChI=1S/C17H21O5P/c1-3-5-12-20-17(18)11-10-15-13-14-8-6-7-9-16(14)22-23(15,19)21-4-2/h6-11,13H,3-5,12H2,1-2H3/b11-10+. The van der Waals surface area contributed by atoms with E-state index in [1.54, 1.807) is 25.1 Å². The Hall–Kier alpha value is -1.84. The molecule has 0 saturated carbocycles. The van der Waals surface area contributed by atoms with Crippen LogP contribution in [0.25, 0.3) is 6.08 Å². The highest BCUT2D eigenvalue weighted by atomic mass is 31.2. The number of para-hydroxylation sites is 1. The molecule has 1 atom stereocenters. The zero-order valence-corrected chi connectivity index (χ0v) is 14.3. The summed E-state index contributed by atoms with van der Waals surface area (Å²) < 4.78 is 28.8. The largest absolute Gasteiger partial charge is 0.463 e. The van der Waals surface area contributed by atoms with E-state index in [2.05, 4.69) is 0 Å². The molecule has 1 aliphatic heterocycles. The molecule has 1 aliphatic rings. The second kappa shape index (κ2) is 8.14. The first-order chi connectivity index (χ1) is 11.1. The summed E-state index contributed by atoms with van der Waals surface area (Å²) in [6, 6.07) is 7.24. The van der Waals surface area contributed by atoms with Crippen LogP contribution in [0.5, 0.6) is 5.75 Å². The number of rotatable bonds is 7. The fraction of sp³-hybridized carbons (Fsp3) is 0.353. The Balaban J connectivity index is 2.20. The van der Waals surface area contributed by atoms with Gasteiger partial charge in [-0.2, -0.15) is 0 Å². The molecule has 1 aromatic rings. The molecular formula is C17H21O5P. The van der Waals surface area contributed by atoms with E-state index in [1.165, 1.54) is 12.2 Å². The number of allylic oxidation sites excluding steroid dienone is 2. The first kappa shape index (κ1) is 17.5. The zero-order chi connectivity index (χ0) is 16.7. The molecule has 1 aromatic carbocycles. The Morgan fingerprint density at radius 2 is 2.09 bits per heavy atom. The Morgan fingerprint density at radius 3 is 2.83 bits per heavy atom. The van der Waals surface area contributed by atoms with E-state index in [0.29, 0.717) is 17.7 Å². The summed E-state index contributed by atoms with van der Waals surface area (Å²) >= 11 is 0. The summed E-state index contributed by atoms with van der Waals surface area (Å²) in [5.41, 5.74) is 0.790. The lowest BCUT2D eigenvalue weighted by Crippen LogP contribution is -2.06. The molecule has 0 amide bonds. The Bertz CT molecular complexity index is 663. The summed E-state index contributed by atoms with van der Waals surface area (Å²) in [7, 11) is -3.48. The van der Waals surface area contributed by atoms with E-state index in [-0.39, 0.29) is 6.61 Å². The van der Waals surface area contributed by atoms with Gasteiger partial charge >= 0.3 is 13.6 Å². The zero-order valence-electron chi connectivity index (χ0n) is 13.4. The Labute approximate surface area is 136 Å². The van der Waals surface area contributed by atoms with Crippen molar-refractivity contribution >= 4 is 19.6 Å². The second-order valence-electron chi connectivity index (χ2n) is 4.97. The molecule has 0 N–H and O–H groups in total. The maximum atomic E-state index is 12.9. The van der Waals surface area contributed by atoms with Gasteiger partial charge in [0, 0.05) is 11.6 Å². The van der Waals surface area contributed by atoms with Crippen LogP contribution in [-0.2, 0) is 18.6 Å². The number of ether oxygens (including phenoxy) is 1. The first-order valence-corrected chi connectivity index (χ1v) is 9.23. The van der Waals surface area contributed by atoms with Crippen LogP contribution in [0.2, 0.25) is 0 Å². The van der Waals surface area contributed by atoms with E-state index >= 15 is 0 Å². The molecule has 0 radical (unpaired) electrons. The SMILES string of the molecule is CCCCOC(=O)/C=C/C1=Cc2ccccc2OP1(=O)OCC. The quantitative estimate of drug-likeness (QED) is 0.316. The lowest BCUT2D eigenvalue weighted by atomic mass is 10.2. The first-order valence-electron chi connectivity index (χ1n) is 7.69. The van der Waals surface area contributed by atoms with Crippen LogP contribution < -0.4 is 4.52 Å². The number of carbonyl (C=O) groups is 1. The molecule has 6 heteroatoms. The Morgan fingerprint density at radius 1 is 1.30 bits per heavy atom. The van der Waals surface area contributed by atoms with Crippen LogP contribution in [0.4, 0.5) is 0 Å². The van der Waals surface area contributed by atoms with Gasteiger partial charge < -0.3 is 9.26 Å². The van der Waals surface area contributed by atoms with Crippen molar-refractivity contribution in [3.05, 3.63) is 47.3 Å². The predicted octanol–water partition coefficient (Wildman–Crippen LogP) is 4.55. The molecule has 0 spiro atoms. The fourth-order valence-electron chi connectivity index (χ4n) is 2.03. The number of hydrogen-bond acceptors (Lipinski definition) is 5. The second-order valence-corrected chi connectivity index (χ2v) is 6.92. The normalized spacial score (nSPS) is 19.8. The van der Waals surface area contributed by atoms with Crippen molar-refractivity contribution in [2.75, 3.05) is 13.2 Å². The molecule has 1 heterocycles. The fourth-order valence-corrected chi connectivity index (χ4v) is 3.66. The van der Waals surface area contributed by atoms with Crippen LogP contribution in [0, 0.1) is 0 Å². The lowest BCUT2D eigenvalue weighted by Gasteiger charge is -2.24. The summed E-state index contributed by atoms with van der Waals surface area (Å²) in [6.07, 6.45) is 6.18. The van der Waals surface area contributed by atoms with Gasteiger partial charge in [0.2, 0.25) is 0 Å². The molecule has 0 bridgehead atoms. The third kappa shape index (κ3) is 4.57. The predicted molar refractivity (Wildman–Crippen MR) is 89.3 cm³/mol. The van der Waals surface area contributed by atoms with Crippen molar-refractivity contribution in [2.24, 2.45) is 0 Å². The van der Waals surface area contributed by atoms with Gasteiger partial charge in [0.05, 0.1) is 18.5 Å². The average molecular weight is 336 g/mol. The highest BCUT2D eigenvalue weighted by molar-refractivity contribution is 7.59. The van der Waals surface area contributed by atoms with Gasteiger partial charge in [-0.3, -0.25) is 4.52 Å². The van der Waals surface area contributed by atoms with Gasteiger partial charge in [0.1, 0.15) is 5.75 Å². The van der Waals surface area contributed by atoms with Crippen LogP contribution in [0.15, 0.2) is 41.7 Å². The van der Waals surface area contributed by atoms with E-state index < -0.39 is 13.6 Å². The molecular weight excluding hydrogens is 315 g/mol. The number of unbranched alkanes of at least 4 members (excludes halogenated alkanes) is 1. The number of fused-ring (bicyclic) bond motifs is 1. The maximum Gasteiger partial charge on any atom is 0.410 e. The minimum absolute atomic E-state index is 0.242. The van der Waals surface area contributed by atoms with Crippen LogP contribution >= 0.6 is 7.60 Å². The van der Waals surface area contributed by atoms with E-state index in [0.717, 1.165) is 18.4 Å². The molecule has 2 rings (SSSR count). The smallest absolute Gasteiger partial charge is 0.410 e. The van der Waals surface area contributed by atoms with Gasteiger partial charge in [-0.15, -0.1) is 0 Å². The van der Waals surface area contributed by atoms with Crippen molar-refractivity contribution in [3.8, 4) is 5.75 Å². The highest BCUT2D eigenvalue weighted by Crippen LogP contribution is 2.60. The number of hydrogen-bond donors (Lipinski definition) is 0. The molecule has 23 heavy (non-hydrogen) atoms. The topological polar surface area (TPSA) is 61.8 Å². The maximum absolute atomic E-state index is 12.9. The summed E-state index contributed by atoms with van der Waals surface area (Å²) in [5.74, 6) is 0.0354.